The van der Waals surface area contributed by atoms with Crippen LogP contribution in [0.15, 0.2) is 35.3 Å². The van der Waals surface area contributed by atoms with Gasteiger partial charge in [0.2, 0.25) is 29.6 Å². The topological polar surface area (TPSA) is 468 Å². The van der Waals surface area contributed by atoms with Gasteiger partial charge in [-0.05, 0) is 56.5 Å². The normalized spacial score (nSPS) is 13.1. The predicted octanol–water partition coefficient (Wildman–Crippen LogP) is -3.55. The summed E-state index contributed by atoms with van der Waals surface area (Å²) >= 11 is 0. The number of carboxylic acids is 5. The van der Waals surface area contributed by atoms with Crippen molar-refractivity contribution in [2.75, 3.05) is 17.6 Å². The molecule has 3 aromatic rings. The van der Waals surface area contributed by atoms with Gasteiger partial charge < -0.3 is 68.9 Å². The number of unbranched alkanes of at least 4 members (excludes halogenated alkanes) is 1. The Morgan fingerprint density at radius 3 is 1.66 bits per heavy atom. The van der Waals surface area contributed by atoms with Gasteiger partial charge in [0.25, 0.3) is 11.5 Å². The Morgan fingerprint density at radius 2 is 1.15 bits per heavy atom. The molecule has 28 heteroatoms. The van der Waals surface area contributed by atoms with Crippen molar-refractivity contribution in [1.82, 2.24) is 46.5 Å². The summed E-state index contributed by atoms with van der Waals surface area (Å²) in [7, 11) is 0. The lowest BCUT2D eigenvalue weighted by atomic mass is 10.1. The lowest BCUT2D eigenvalue weighted by Gasteiger charge is -2.24. The summed E-state index contributed by atoms with van der Waals surface area (Å²) in [6, 6.07) is -3.67. The Hall–Kier alpha value is -8.30. The highest BCUT2D eigenvalue weighted by molar-refractivity contribution is 5.99. The lowest BCUT2D eigenvalue weighted by molar-refractivity contribution is -0.145. The van der Waals surface area contributed by atoms with Crippen LogP contribution in [0, 0.1) is 0 Å². The van der Waals surface area contributed by atoms with E-state index in [0.717, 1.165) is 0 Å². The standard InChI is InChI=1S/C37H46N12O16/c38-10-2-1-3-19(35(62)63)45-32(59)22(12-26(53)54)47-33(60)23(13-27(55)56)46-31(58)21(11-25(51)52)43-24(50)9-8-20(36(64)65)44-30(57)16-4-6-17(7-5-16)40-14-18-15-41-29-28(42-18)34(61)49-37(39)48-29/h4-7,15,19-23,40H,1-3,8-14,38H2,(H,43,50)(H,44,57)(H,45,59)(H,46,58)(H,47,60)(H,51,52)(H,53,54)(H,55,56)(H,62,63)(H,64,65)(H3,39,41,48,49,61). The smallest absolute Gasteiger partial charge is 0.326 e. The van der Waals surface area contributed by atoms with Crippen molar-refractivity contribution in [3.05, 3.63) is 52.1 Å². The number of nitrogens with zero attached hydrogens (tertiary/aromatic N) is 3. The average Bonchev–Trinajstić information content (AvgIpc) is 3.22. The SMILES string of the molecule is NCCCCC(NC(=O)C(CC(=O)O)NC(=O)C(CC(=O)O)NC(=O)C(CC(=O)O)NC(=O)CCC(NC(=O)c1ccc(NCc2cnc3nc(N)[nH]c(=O)c3n2)cc1)C(=O)O)C(=O)O. The Balaban J connectivity index is 1.63. The molecule has 28 nitrogen and oxygen atoms in total. The highest BCUT2D eigenvalue weighted by Crippen LogP contribution is 2.13. The molecule has 65 heavy (non-hydrogen) atoms. The predicted molar refractivity (Wildman–Crippen MR) is 219 cm³/mol. The maximum Gasteiger partial charge on any atom is 0.326 e. The molecule has 0 aliphatic heterocycles. The number of carboxylic acid groups (broad SMARTS) is 5. The fraction of sp³-hybridized carbons (Fsp3) is 0.405. The van der Waals surface area contributed by atoms with Crippen LogP contribution in [-0.4, -0.2) is 142 Å². The number of H-pyrrole nitrogens is 1. The fourth-order valence-electron chi connectivity index (χ4n) is 5.75. The molecule has 16 N–H and O–H groups in total. The van der Waals surface area contributed by atoms with Crippen molar-refractivity contribution in [3.63, 3.8) is 0 Å². The van der Waals surface area contributed by atoms with Crippen LogP contribution >= 0.6 is 0 Å². The third-order valence-corrected chi connectivity index (χ3v) is 8.99. The molecular formula is C37H46N12O16. The Bertz CT molecular complexity index is 2340. The van der Waals surface area contributed by atoms with E-state index in [-0.39, 0.29) is 48.6 Å². The number of anilines is 2. The fourth-order valence-corrected chi connectivity index (χ4v) is 5.75. The largest absolute Gasteiger partial charge is 0.481 e. The third kappa shape index (κ3) is 16.8. The van der Waals surface area contributed by atoms with E-state index in [9.17, 15) is 78.3 Å². The average molecular weight is 915 g/mol. The Morgan fingerprint density at radius 1 is 0.646 bits per heavy atom. The Kier molecular flexibility index (Phi) is 19.1. The second-order valence-electron chi connectivity index (χ2n) is 14.0. The van der Waals surface area contributed by atoms with Crippen LogP contribution in [0.4, 0.5) is 11.6 Å². The summed E-state index contributed by atoms with van der Waals surface area (Å²) in [6.45, 7) is 0.308. The molecule has 5 unspecified atom stereocenters. The Labute approximate surface area is 365 Å². The van der Waals surface area contributed by atoms with Crippen molar-refractivity contribution >= 4 is 82.2 Å². The van der Waals surface area contributed by atoms with Gasteiger partial charge in [-0.25, -0.2) is 19.6 Å². The number of hydrogen-bond acceptors (Lipinski definition) is 17. The van der Waals surface area contributed by atoms with Gasteiger partial charge in [-0.15, -0.1) is 0 Å². The molecule has 3 rings (SSSR count). The maximum absolute atomic E-state index is 13.2. The zero-order chi connectivity index (χ0) is 48.4. The van der Waals surface area contributed by atoms with E-state index in [1.54, 1.807) is 0 Å². The molecule has 0 bridgehead atoms. The molecule has 0 spiro atoms. The second kappa shape index (κ2) is 24.4. The summed E-state index contributed by atoms with van der Waals surface area (Å²) in [6.07, 6.45) is -2.87. The monoisotopic (exact) mass is 914 g/mol. The number of nitrogen functional groups attached to an aromatic ring is 1. The van der Waals surface area contributed by atoms with Gasteiger partial charge in [0.05, 0.1) is 37.7 Å². The third-order valence-electron chi connectivity index (χ3n) is 8.99. The van der Waals surface area contributed by atoms with E-state index < -0.39 is 127 Å². The molecule has 0 saturated heterocycles. The zero-order valence-electron chi connectivity index (χ0n) is 34.1. The van der Waals surface area contributed by atoms with Crippen LogP contribution in [0.25, 0.3) is 11.2 Å². The first-order chi connectivity index (χ1) is 30.7. The van der Waals surface area contributed by atoms with E-state index in [1.165, 1.54) is 30.5 Å². The molecule has 5 atom stereocenters. The number of benzene rings is 1. The van der Waals surface area contributed by atoms with Gasteiger partial charge in [0.1, 0.15) is 30.2 Å². The van der Waals surface area contributed by atoms with Crippen LogP contribution < -0.4 is 48.9 Å². The number of aromatic nitrogens is 4. The van der Waals surface area contributed by atoms with Gasteiger partial charge in [-0.3, -0.25) is 48.1 Å². The summed E-state index contributed by atoms with van der Waals surface area (Å²) < 4.78 is 0. The molecule has 0 saturated carbocycles. The summed E-state index contributed by atoms with van der Waals surface area (Å²) in [4.78, 5) is 150. The van der Waals surface area contributed by atoms with Crippen LogP contribution in [0.5, 0.6) is 0 Å². The maximum atomic E-state index is 13.2. The molecule has 0 radical (unpaired) electrons. The van der Waals surface area contributed by atoms with Crippen molar-refractivity contribution < 1.29 is 73.5 Å². The van der Waals surface area contributed by atoms with Gasteiger partial charge in [-0.2, -0.15) is 4.98 Å². The van der Waals surface area contributed by atoms with Crippen molar-refractivity contribution in [1.29, 1.82) is 0 Å². The summed E-state index contributed by atoms with van der Waals surface area (Å²) in [5.74, 6) is -14.4. The molecule has 2 heterocycles. The first kappa shape index (κ1) is 51.1. The number of nitrogens with one attached hydrogen (secondary N) is 7. The second-order valence-corrected chi connectivity index (χ2v) is 14.0. The first-order valence-electron chi connectivity index (χ1n) is 19.3. The molecule has 350 valence electrons. The van der Waals surface area contributed by atoms with E-state index in [4.69, 9.17) is 11.5 Å². The number of aliphatic carboxylic acids is 5. The zero-order valence-corrected chi connectivity index (χ0v) is 34.1. The van der Waals surface area contributed by atoms with Gasteiger partial charge in [0, 0.05) is 17.7 Å². The van der Waals surface area contributed by atoms with E-state index in [1.807, 2.05) is 16.0 Å². The number of hydrogen-bond donors (Lipinski definition) is 14. The van der Waals surface area contributed by atoms with Gasteiger partial charge >= 0.3 is 29.8 Å². The number of aromatic amines is 1. The molecule has 1 aromatic carbocycles. The molecule has 0 aliphatic carbocycles. The number of rotatable bonds is 27. The number of nitrogens with two attached hydrogens (primary N) is 2. The molecule has 5 amide bonds. The first-order valence-corrected chi connectivity index (χ1v) is 19.3. The van der Waals surface area contributed by atoms with Crippen molar-refractivity contribution in [2.24, 2.45) is 5.73 Å². The minimum Gasteiger partial charge on any atom is -0.481 e. The van der Waals surface area contributed by atoms with Crippen LogP contribution in [0.2, 0.25) is 0 Å². The van der Waals surface area contributed by atoms with Crippen LogP contribution in [-0.2, 0) is 49.7 Å². The summed E-state index contributed by atoms with van der Waals surface area (Å²) in [5, 5.41) is 60.7. The molecule has 2 aromatic heterocycles. The highest BCUT2D eigenvalue weighted by Gasteiger charge is 2.34. The van der Waals surface area contributed by atoms with Gasteiger partial charge in [-0.1, -0.05) is 0 Å². The molecular weight excluding hydrogens is 868 g/mol. The van der Waals surface area contributed by atoms with Gasteiger partial charge in [0.15, 0.2) is 11.2 Å². The quantitative estimate of drug-likeness (QED) is 0.0329. The van der Waals surface area contributed by atoms with Crippen molar-refractivity contribution in [3.8, 4) is 0 Å². The van der Waals surface area contributed by atoms with Crippen LogP contribution in [0.1, 0.15) is 67.4 Å². The summed E-state index contributed by atoms with van der Waals surface area (Å²) in [5.41, 5.74) is 11.2. The van der Waals surface area contributed by atoms with E-state index >= 15 is 0 Å². The number of carbonyl (C=O) groups is 10. The highest BCUT2D eigenvalue weighted by atomic mass is 16.4. The van der Waals surface area contributed by atoms with E-state index in [0.29, 0.717) is 17.8 Å². The minimum absolute atomic E-state index is 0.00258. The number of carbonyl (C=O) groups excluding carboxylic acids is 5. The minimum atomic E-state index is -2.11. The van der Waals surface area contributed by atoms with E-state index in [2.05, 4.69) is 35.9 Å². The molecule has 0 aliphatic rings. The number of fused-ring (bicyclic) bond motifs is 1. The molecule has 0 fully saturated rings. The lowest BCUT2D eigenvalue weighted by Crippen LogP contribution is -2.58. The van der Waals surface area contributed by atoms with Crippen LogP contribution in [0.3, 0.4) is 0 Å². The number of amides is 5. The van der Waals surface area contributed by atoms with Crippen molar-refractivity contribution in [2.45, 2.75) is 88.1 Å².